The Morgan fingerprint density at radius 3 is 3.00 bits per heavy atom. The van der Waals surface area contributed by atoms with Crippen molar-refractivity contribution in [3.63, 3.8) is 0 Å². The van der Waals surface area contributed by atoms with Gasteiger partial charge < -0.3 is 5.43 Å². The molecule has 0 radical (unpaired) electrons. The van der Waals surface area contributed by atoms with E-state index in [1.54, 1.807) is 6.20 Å². The molecule has 0 aromatic carbocycles. The molecular weight excluding hydrogens is 166 g/mol. The van der Waals surface area contributed by atoms with E-state index in [0.29, 0.717) is 5.84 Å². The van der Waals surface area contributed by atoms with Crippen LogP contribution >= 0.6 is 0 Å². The molecule has 5 heteroatoms. The van der Waals surface area contributed by atoms with Gasteiger partial charge in [-0.15, -0.1) is 0 Å². The van der Waals surface area contributed by atoms with E-state index in [9.17, 15) is 0 Å². The molecule has 1 aromatic heterocycles. The summed E-state index contributed by atoms with van der Waals surface area (Å²) in [5.74, 6) is 6.04. The van der Waals surface area contributed by atoms with Gasteiger partial charge in [0, 0.05) is 12.2 Å². The number of nitrogens with one attached hydrogen (secondary N) is 2. The van der Waals surface area contributed by atoms with Gasteiger partial charge in [-0.25, -0.2) is 5.84 Å². The van der Waals surface area contributed by atoms with E-state index in [1.807, 2.05) is 6.92 Å². The van der Waals surface area contributed by atoms with Crippen molar-refractivity contribution in [2.75, 3.05) is 6.54 Å². The van der Waals surface area contributed by atoms with Crippen LogP contribution in [0.5, 0.6) is 0 Å². The van der Waals surface area contributed by atoms with E-state index < -0.39 is 0 Å². The van der Waals surface area contributed by atoms with Gasteiger partial charge >= 0.3 is 0 Å². The minimum absolute atomic E-state index is 0.688. The number of hydrogen-bond acceptors (Lipinski definition) is 3. The summed E-state index contributed by atoms with van der Waals surface area (Å²) < 4.78 is 0. The number of nitrogens with two attached hydrogens (primary N) is 1. The SMILES string of the molecule is CCCN=C(NN)c1cn[nH]c1C. The summed E-state index contributed by atoms with van der Waals surface area (Å²) in [6.07, 6.45) is 2.71. The van der Waals surface area contributed by atoms with Gasteiger partial charge in [0.25, 0.3) is 0 Å². The Labute approximate surface area is 77.4 Å². The molecule has 1 rings (SSSR count). The van der Waals surface area contributed by atoms with Crippen molar-refractivity contribution in [2.45, 2.75) is 20.3 Å². The lowest BCUT2D eigenvalue weighted by Crippen LogP contribution is -2.31. The summed E-state index contributed by atoms with van der Waals surface area (Å²) in [6, 6.07) is 0. The van der Waals surface area contributed by atoms with Gasteiger partial charge in [0.15, 0.2) is 0 Å². The Bertz CT molecular complexity index is 288. The zero-order valence-electron chi connectivity index (χ0n) is 7.96. The van der Waals surface area contributed by atoms with E-state index >= 15 is 0 Å². The minimum Gasteiger partial charge on any atom is -0.308 e. The second-order valence-electron chi connectivity index (χ2n) is 2.78. The Morgan fingerprint density at radius 2 is 2.54 bits per heavy atom. The summed E-state index contributed by atoms with van der Waals surface area (Å²) in [4.78, 5) is 4.28. The number of rotatable bonds is 3. The van der Waals surface area contributed by atoms with Crippen molar-refractivity contribution in [1.29, 1.82) is 0 Å². The zero-order valence-corrected chi connectivity index (χ0v) is 7.96. The summed E-state index contributed by atoms with van der Waals surface area (Å²) in [7, 11) is 0. The third-order valence-electron chi connectivity index (χ3n) is 1.72. The molecule has 5 nitrogen and oxygen atoms in total. The number of H-pyrrole nitrogens is 1. The van der Waals surface area contributed by atoms with Crippen LogP contribution in [-0.2, 0) is 0 Å². The smallest absolute Gasteiger partial charge is 0.145 e. The van der Waals surface area contributed by atoms with Crippen LogP contribution in [0.2, 0.25) is 0 Å². The second kappa shape index (κ2) is 4.61. The van der Waals surface area contributed by atoms with Crippen molar-refractivity contribution in [3.8, 4) is 0 Å². The highest BCUT2D eigenvalue weighted by Crippen LogP contribution is 2.02. The molecule has 0 bridgehead atoms. The van der Waals surface area contributed by atoms with Crippen LogP contribution in [-0.4, -0.2) is 22.6 Å². The van der Waals surface area contributed by atoms with Gasteiger partial charge in [-0.2, -0.15) is 5.10 Å². The molecule has 72 valence electrons. The van der Waals surface area contributed by atoms with Crippen LogP contribution in [0.25, 0.3) is 0 Å². The number of amidine groups is 1. The third-order valence-corrected chi connectivity index (χ3v) is 1.72. The molecule has 0 fully saturated rings. The molecule has 1 heterocycles. The molecule has 0 saturated heterocycles. The fourth-order valence-corrected chi connectivity index (χ4v) is 1.02. The maximum absolute atomic E-state index is 5.35. The summed E-state index contributed by atoms with van der Waals surface area (Å²) in [5.41, 5.74) is 4.46. The highest BCUT2D eigenvalue weighted by molar-refractivity contribution is 5.99. The molecule has 0 unspecified atom stereocenters. The Kier molecular flexibility index (Phi) is 3.45. The average Bonchev–Trinajstić information content (AvgIpc) is 2.54. The maximum Gasteiger partial charge on any atom is 0.145 e. The molecular formula is C8H15N5. The molecule has 0 aliphatic carbocycles. The standard InChI is InChI=1S/C8H15N5/c1-3-4-10-8(12-9)7-5-11-13-6(7)2/h5H,3-4,9H2,1-2H3,(H,10,12)(H,11,13). The summed E-state index contributed by atoms with van der Waals surface area (Å²) >= 11 is 0. The third kappa shape index (κ3) is 2.29. The van der Waals surface area contributed by atoms with E-state index in [1.165, 1.54) is 0 Å². The Morgan fingerprint density at radius 1 is 1.77 bits per heavy atom. The first-order chi connectivity index (χ1) is 6.29. The van der Waals surface area contributed by atoms with Crippen molar-refractivity contribution in [3.05, 3.63) is 17.5 Å². The van der Waals surface area contributed by atoms with Gasteiger partial charge in [0.1, 0.15) is 5.84 Å². The molecule has 0 saturated carbocycles. The van der Waals surface area contributed by atoms with E-state index in [4.69, 9.17) is 5.84 Å². The monoisotopic (exact) mass is 181 g/mol. The van der Waals surface area contributed by atoms with Crippen molar-refractivity contribution in [2.24, 2.45) is 10.8 Å². The number of hydrazine groups is 1. The van der Waals surface area contributed by atoms with Crippen LogP contribution in [0.3, 0.4) is 0 Å². The number of aromatic amines is 1. The first-order valence-electron chi connectivity index (χ1n) is 4.31. The van der Waals surface area contributed by atoms with Crippen LogP contribution in [0.1, 0.15) is 24.6 Å². The van der Waals surface area contributed by atoms with Gasteiger partial charge in [-0.1, -0.05) is 6.92 Å². The summed E-state index contributed by atoms with van der Waals surface area (Å²) in [6.45, 7) is 4.77. The number of aryl methyl sites for hydroxylation is 1. The Balaban J connectivity index is 2.84. The van der Waals surface area contributed by atoms with Gasteiger partial charge in [-0.3, -0.25) is 10.1 Å². The first-order valence-corrected chi connectivity index (χ1v) is 4.31. The van der Waals surface area contributed by atoms with E-state index in [0.717, 1.165) is 24.2 Å². The van der Waals surface area contributed by atoms with Crippen LogP contribution < -0.4 is 11.3 Å². The predicted molar refractivity (Wildman–Crippen MR) is 52.3 cm³/mol. The molecule has 0 atom stereocenters. The molecule has 0 amide bonds. The molecule has 1 aromatic rings. The first kappa shape index (κ1) is 9.73. The largest absolute Gasteiger partial charge is 0.308 e. The fourth-order valence-electron chi connectivity index (χ4n) is 1.02. The van der Waals surface area contributed by atoms with Gasteiger partial charge in [0.2, 0.25) is 0 Å². The molecule has 4 N–H and O–H groups in total. The molecule has 13 heavy (non-hydrogen) atoms. The van der Waals surface area contributed by atoms with Crippen LogP contribution in [0, 0.1) is 6.92 Å². The number of aliphatic imine (C=N–C) groups is 1. The highest BCUT2D eigenvalue weighted by Gasteiger charge is 2.05. The quantitative estimate of drug-likeness (QED) is 0.272. The average molecular weight is 181 g/mol. The van der Waals surface area contributed by atoms with Crippen LogP contribution in [0.4, 0.5) is 0 Å². The highest BCUT2D eigenvalue weighted by atomic mass is 15.3. The van der Waals surface area contributed by atoms with Crippen molar-refractivity contribution < 1.29 is 0 Å². The predicted octanol–water partition coefficient (Wildman–Crippen LogP) is 0.338. The Hall–Kier alpha value is -1.36. The van der Waals surface area contributed by atoms with Crippen LogP contribution in [0.15, 0.2) is 11.2 Å². The lowest BCUT2D eigenvalue weighted by Gasteiger charge is -2.03. The minimum atomic E-state index is 0.688. The molecule has 0 aliphatic heterocycles. The van der Waals surface area contributed by atoms with Gasteiger partial charge in [-0.05, 0) is 13.3 Å². The number of nitrogens with zero attached hydrogens (tertiary/aromatic N) is 2. The fraction of sp³-hybridized carbons (Fsp3) is 0.500. The van der Waals surface area contributed by atoms with Crippen molar-refractivity contribution in [1.82, 2.24) is 15.6 Å². The lowest BCUT2D eigenvalue weighted by atomic mass is 10.2. The zero-order chi connectivity index (χ0) is 9.68. The normalized spacial score (nSPS) is 11.8. The topological polar surface area (TPSA) is 79.1 Å². The van der Waals surface area contributed by atoms with E-state index in [2.05, 4.69) is 27.5 Å². The number of hydrogen-bond donors (Lipinski definition) is 3. The van der Waals surface area contributed by atoms with Gasteiger partial charge in [0.05, 0.1) is 11.8 Å². The van der Waals surface area contributed by atoms with E-state index in [-0.39, 0.29) is 0 Å². The molecule has 0 aliphatic rings. The lowest BCUT2D eigenvalue weighted by molar-refractivity contribution is 0.907. The number of aromatic nitrogens is 2. The maximum atomic E-state index is 5.35. The second-order valence-corrected chi connectivity index (χ2v) is 2.78. The van der Waals surface area contributed by atoms with Crippen molar-refractivity contribution >= 4 is 5.84 Å². The molecule has 0 spiro atoms. The summed E-state index contributed by atoms with van der Waals surface area (Å²) in [5, 5.41) is 6.73.